The van der Waals surface area contributed by atoms with Gasteiger partial charge in [0.15, 0.2) is 0 Å². The molecular formula is C12H18N4O2S. The molecule has 1 fully saturated rings. The summed E-state index contributed by atoms with van der Waals surface area (Å²) >= 11 is 1.32. The van der Waals surface area contributed by atoms with Crippen molar-refractivity contribution >= 4 is 22.9 Å². The Morgan fingerprint density at radius 3 is 3.16 bits per heavy atom. The number of carbonyl (C=O) groups excluding carboxylic acids is 2. The molecule has 1 aliphatic heterocycles. The molecule has 2 N–H and O–H groups in total. The number of aromatic nitrogens is 2. The Morgan fingerprint density at radius 1 is 1.58 bits per heavy atom. The molecule has 2 amide bonds. The van der Waals surface area contributed by atoms with Gasteiger partial charge in [0.05, 0.1) is 0 Å². The average Bonchev–Trinajstić information content (AvgIpc) is 3.04. The second kappa shape index (κ2) is 7.18. The normalized spacial score (nSPS) is 14.9. The van der Waals surface area contributed by atoms with Crippen molar-refractivity contribution in [3.8, 4) is 0 Å². The Labute approximate surface area is 116 Å². The fourth-order valence-electron chi connectivity index (χ4n) is 1.87. The lowest BCUT2D eigenvalue weighted by Crippen LogP contribution is -2.31. The molecule has 1 aromatic heterocycles. The van der Waals surface area contributed by atoms with Gasteiger partial charge in [-0.3, -0.25) is 9.59 Å². The molecule has 0 atom stereocenters. The van der Waals surface area contributed by atoms with Crippen LogP contribution in [0.3, 0.4) is 0 Å². The van der Waals surface area contributed by atoms with Crippen LogP contribution in [0.25, 0.3) is 0 Å². The lowest BCUT2D eigenvalue weighted by molar-refractivity contribution is -0.121. The van der Waals surface area contributed by atoms with E-state index >= 15 is 0 Å². The van der Waals surface area contributed by atoms with E-state index in [0.717, 1.165) is 31.0 Å². The molecule has 0 aromatic carbocycles. The highest BCUT2D eigenvalue weighted by Gasteiger charge is 2.21. The Bertz CT molecular complexity index is 421. The van der Waals surface area contributed by atoms with Crippen LogP contribution in [0.4, 0.5) is 4.79 Å². The summed E-state index contributed by atoms with van der Waals surface area (Å²) in [5, 5.41) is 2.95. The second-order valence-electron chi connectivity index (χ2n) is 4.34. The van der Waals surface area contributed by atoms with E-state index in [1.54, 1.807) is 17.3 Å². The smallest absolute Gasteiger partial charge is 0.281 e. The third-order valence-electron chi connectivity index (χ3n) is 2.92. The molecule has 2 rings (SSSR count). The van der Waals surface area contributed by atoms with Gasteiger partial charge in [-0.25, -0.2) is 4.98 Å². The first-order chi connectivity index (χ1) is 9.25. The maximum atomic E-state index is 11.6. The molecule has 6 nitrogen and oxygen atoms in total. The molecule has 0 aliphatic carbocycles. The van der Waals surface area contributed by atoms with Gasteiger partial charge in [-0.15, -0.1) is 0 Å². The summed E-state index contributed by atoms with van der Waals surface area (Å²) in [6.45, 7) is 1.92. The molecule has 2 heterocycles. The molecule has 0 saturated carbocycles. The van der Waals surface area contributed by atoms with Crippen LogP contribution in [0.1, 0.15) is 18.7 Å². The first-order valence-corrected chi connectivity index (χ1v) is 7.41. The zero-order valence-electron chi connectivity index (χ0n) is 10.7. The Hall–Kier alpha value is -1.50. The van der Waals surface area contributed by atoms with Crippen molar-refractivity contribution in [3.63, 3.8) is 0 Å². The molecule has 0 radical (unpaired) electrons. The van der Waals surface area contributed by atoms with E-state index in [2.05, 4.69) is 15.3 Å². The summed E-state index contributed by atoms with van der Waals surface area (Å²) < 4.78 is 0. The molecule has 104 valence electrons. The summed E-state index contributed by atoms with van der Waals surface area (Å²) in [5.41, 5.74) is 0. The fourth-order valence-corrected chi connectivity index (χ4v) is 2.72. The lowest BCUT2D eigenvalue weighted by atomic mass is 10.3. The molecule has 0 spiro atoms. The quantitative estimate of drug-likeness (QED) is 0.732. The van der Waals surface area contributed by atoms with Crippen LogP contribution in [0.2, 0.25) is 0 Å². The monoisotopic (exact) mass is 282 g/mol. The standard InChI is InChI=1S/C12H18N4O2S/c17-11(3-7-16-8-9-19-12(16)18)15-4-1-2-10-13-5-6-14-10/h5-6H,1-4,7-9H2,(H,13,14)(H,15,17). The predicted molar refractivity (Wildman–Crippen MR) is 74.0 cm³/mol. The number of thioether (sulfide) groups is 1. The third kappa shape index (κ3) is 4.59. The number of nitrogens with zero attached hydrogens (tertiary/aromatic N) is 2. The number of carbonyl (C=O) groups is 2. The number of hydrogen-bond acceptors (Lipinski definition) is 4. The molecule has 1 aromatic rings. The van der Waals surface area contributed by atoms with Crippen molar-refractivity contribution in [2.45, 2.75) is 19.3 Å². The number of rotatable bonds is 7. The van der Waals surface area contributed by atoms with Gasteiger partial charge in [0.1, 0.15) is 5.82 Å². The number of H-pyrrole nitrogens is 1. The summed E-state index contributed by atoms with van der Waals surface area (Å²) in [4.78, 5) is 31.8. The van der Waals surface area contributed by atoms with Crippen LogP contribution in [-0.4, -0.2) is 51.4 Å². The van der Waals surface area contributed by atoms with Crippen LogP contribution in [0.15, 0.2) is 12.4 Å². The van der Waals surface area contributed by atoms with Gasteiger partial charge in [-0.05, 0) is 6.42 Å². The highest BCUT2D eigenvalue weighted by atomic mass is 32.2. The van der Waals surface area contributed by atoms with Crippen molar-refractivity contribution in [1.29, 1.82) is 0 Å². The number of imidazole rings is 1. The summed E-state index contributed by atoms with van der Waals surface area (Å²) in [5.74, 6) is 1.78. The van der Waals surface area contributed by atoms with Crippen molar-refractivity contribution in [2.75, 3.05) is 25.4 Å². The first-order valence-electron chi connectivity index (χ1n) is 6.42. The molecular weight excluding hydrogens is 264 g/mol. The van der Waals surface area contributed by atoms with Crippen LogP contribution in [0, 0.1) is 0 Å². The van der Waals surface area contributed by atoms with Crippen LogP contribution < -0.4 is 5.32 Å². The van der Waals surface area contributed by atoms with Gasteiger partial charge in [0.25, 0.3) is 5.24 Å². The minimum Gasteiger partial charge on any atom is -0.356 e. The number of nitrogens with one attached hydrogen (secondary N) is 2. The van der Waals surface area contributed by atoms with Gasteiger partial charge in [-0.2, -0.15) is 0 Å². The van der Waals surface area contributed by atoms with Crippen molar-refractivity contribution in [3.05, 3.63) is 18.2 Å². The molecule has 7 heteroatoms. The van der Waals surface area contributed by atoms with Gasteiger partial charge >= 0.3 is 0 Å². The summed E-state index contributed by atoms with van der Waals surface area (Å²) in [6.07, 6.45) is 5.58. The largest absolute Gasteiger partial charge is 0.356 e. The van der Waals surface area contributed by atoms with E-state index in [1.807, 2.05) is 0 Å². The predicted octanol–water partition coefficient (Wildman–Crippen LogP) is 1.02. The summed E-state index contributed by atoms with van der Waals surface area (Å²) in [6, 6.07) is 0. The topological polar surface area (TPSA) is 78.1 Å². The van der Waals surface area contributed by atoms with E-state index in [1.165, 1.54) is 11.8 Å². The number of aryl methyl sites for hydroxylation is 1. The van der Waals surface area contributed by atoms with E-state index in [-0.39, 0.29) is 11.1 Å². The van der Waals surface area contributed by atoms with Crippen LogP contribution >= 0.6 is 11.8 Å². The molecule has 0 unspecified atom stereocenters. The van der Waals surface area contributed by atoms with E-state index in [0.29, 0.717) is 19.5 Å². The van der Waals surface area contributed by atoms with Crippen molar-refractivity contribution in [2.24, 2.45) is 0 Å². The van der Waals surface area contributed by atoms with E-state index in [9.17, 15) is 9.59 Å². The number of hydrogen-bond donors (Lipinski definition) is 2. The Morgan fingerprint density at radius 2 is 2.47 bits per heavy atom. The number of aromatic amines is 1. The highest BCUT2D eigenvalue weighted by Crippen LogP contribution is 2.16. The fraction of sp³-hybridized carbons (Fsp3) is 0.583. The van der Waals surface area contributed by atoms with Gasteiger partial charge < -0.3 is 15.2 Å². The minimum atomic E-state index is 0.00384. The van der Waals surface area contributed by atoms with Crippen LogP contribution in [-0.2, 0) is 11.2 Å². The summed E-state index contributed by atoms with van der Waals surface area (Å²) in [7, 11) is 0. The molecule has 19 heavy (non-hydrogen) atoms. The van der Waals surface area contributed by atoms with Crippen molar-refractivity contribution in [1.82, 2.24) is 20.2 Å². The maximum Gasteiger partial charge on any atom is 0.281 e. The van der Waals surface area contributed by atoms with Gasteiger partial charge in [-0.1, -0.05) is 11.8 Å². The zero-order chi connectivity index (χ0) is 13.5. The molecule has 0 bridgehead atoms. The van der Waals surface area contributed by atoms with Crippen molar-refractivity contribution < 1.29 is 9.59 Å². The second-order valence-corrected chi connectivity index (χ2v) is 5.39. The maximum absolute atomic E-state index is 11.6. The Kier molecular flexibility index (Phi) is 5.26. The molecule has 1 saturated heterocycles. The average molecular weight is 282 g/mol. The highest BCUT2D eigenvalue weighted by molar-refractivity contribution is 8.13. The van der Waals surface area contributed by atoms with Gasteiger partial charge in [0.2, 0.25) is 5.91 Å². The zero-order valence-corrected chi connectivity index (χ0v) is 11.5. The van der Waals surface area contributed by atoms with E-state index in [4.69, 9.17) is 0 Å². The number of amides is 2. The molecule has 1 aliphatic rings. The lowest BCUT2D eigenvalue weighted by Gasteiger charge is -2.13. The van der Waals surface area contributed by atoms with Crippen LogP contribution in [0.5, 0.6) is 0 Å². The third-order valence-corrected chi connectivity index (χ3v) is 3.81. The first kappa shape index (κ1) is 13.9. The Balaban J connectivity index is 1.53. The van der Waals surface area contributed by atoms with Gasteiger partial charge in [0, 0.05) is 50.6 Å². The van der Waals surface area contributed by atoms with E-state index < -0.39 is 0 Å². The minimum absolute atomic E-state index is 0.00384. The SMILES string of the molecule is O=C(CCN1CCSC1=O)NCCCc1ncc[nH]1.